The van der Waals surface area contributed by atoms with Gasteiger partial charge in [0.25, 0.3) is 5.56 Å². The minimum Gasteiger partial charge on any atom is -0.486 e. The van der Waals surface area contributed by atoms with Crippen molar-refractivity contribution >= 4 is 28.0 Å². The summed E-state index contributed by atoms with van der Waals surface area (Å²) in [5.41, 5.74) is 1.60. The number of anilines is 1. The molecular weight excluding hydrogens is 499 g/mol. The predicted octanol–water partition coefficient (Wildman–Crippen LogP) is 3.08. The SMILES string of the molecule is O=C(Nc1ccc2c(c1)OCCO2)N1CCN(Cc2cc(=O)n3nc(-c4cccc(F)c4)sc3n2)CC1. The molecule has 0 bridgehead atoms. The lowest BCUT2D eigenvalue weighted by Crippen LogP contribution is -2.49. The molecule has 0 aliphatic carbocycles. The molecule has 190 valence electrons. The summed E-state index contributed by atoms with van der Waals surface area (Å²) in [5, 5.41) is 7.76. The maximum Gasteiger partial charge on any atom is 0.321 e. The number of aromatic nitrogens is 3. The highest BCUT2D eigenvalue weighted by molar-refractivity contribution is 7.19. The van der Waals surface area contributed by atoms with E-state index in [1.807, 2.05) is 0 Å². The van der Waals surface area contributed by atoms with E-state index in [4.69, 9.17) is 9.47 Å². The van der Waals surface area contributed by atoms with Gasteiger partial charge in [-0.1, -0.05) is 23.5 Å². The third-order valence-corrected chi connectivity index (χ3v) is 7.17. The van der Waals surface area contributed by atoms with Gasteiger partial charge in [-0.05, 0) is 24.3 Å². The van der Waals surface area contributed by atoms with Crippen LogP contribution in [-0.2, 0) is 6.54 Å². The van der Waals surface area contributed by atoms with Gasteiger partial charge in [0.15, 0.2) is 11.5 Å². The normalized spacial score (nSPS) is 15.6. The van der Waals surface area contributed by atoms with Gasteiger partial charge < -0.3 is 19.7 Å². The molecule has 1 fully saturated rings. The minimum atomic E-state index is -0.364. The van der Waals surface area contributed by atoms with E-state index >= 15 is 0 Å². The van der Waals surface area contributed by atoms with E-state index in [9.17, 15) is 14.0 Å². The Labute approximate surface area is 214 Å². The first-order chi connectivity index (χ1) is 18.0. The Bertz CT molecular complexity index is 1530. The Balaban J connectivity index is 1.08. The Morgan fingerprint density at radius 1 is 1.03 bits per heavy atom. The lowest BCUT2D eigenvalue weighted by Gasteiger charge is -2.34. The molecule has 2 amide bonds. The summed E-state index contributed by atoms with van der Waals surface area (Å²) in [6.07, 6.45) is 0. The molecule has 1 saturated heterocycles. The highest BCUT2D eigenvalue weighted by atomic mass is 32.1. The number of rotatable bonds is 4. The second kappa shape index (κ2) is 9.79. The molecule has 2 aromatic carbocycles. The number of hydrogen-bond donors (Lipinski definition) is 1. The van der Waals surface area contributed by atoms with Crippen molar-refractivity contribution in [3.05, 3.63) is 70.4 Å². The number of piperazine rings is 1. The van der Waals surface area contributed by atoms with E-state index < -0.39 is 0 Å². The molecule has 0 unspecified atom stereocenters. The Hall–Kier alpha value is -4.03. The quantitative estimate of drug-likeness (QED) is 0.440. The van der Waals surface area contributed by atoms with Crippen molar-refractivity contribution in [3.8, 4) is 22.1 Å². The third kappa shape index (κ3) is 4.98. The fourth-order valence-electron chi connectivity index (χ4n) is 4.34. The Morgan fingerprint density at radius 3 is 2.65 bits per heavy atom. The van der Waals surface area contributed by atoms with Gasteiger partial charge in [0, 0.05) is 56.1 Å². The number of ether oxygens (including phenoxy) is 2. The van der Waals surface area contributed by atoms with E-state index in [-0.39, 0.29) is 17.4 Å². The van der Waals surface area contributed by atoms with E-state index in [0.717, 1.165) is 0 Å². The van der Waals surface area contributed by atoms with E-state index in [0.29, 0.717) is 84.3 Å². The predicted molar refractivity (Wildman–Crippen MR) is 136 cm³/mol. The summed E-state index contributed by atoms with van der Waals surface area (Å²) in [6.45, 7) is 3.86. The van der Waals surface area contributed by atoms with Gasteiger partial charge in [0.2, 0.25) is 4.96 Å². The van der Waals surface area contributed by atoms with E-state index in [2.05, 4.69) is 20.3 Å². The van der Waals surface area contributed by atoms with Crippen molar-refractivity contribution in [1.29, 1.82) is 0 Å². The zero-order valence-electron chi connectivity index (χ0n) is 19.7. The molecule has 0 saturated carbocycles. The number of hydrogen-bond acceptors (Lipinski definition) is 8. The van der Waals surface area contributed by atoms with E-state index in [1.54, 1.807) is 35.2 Å². The van der Waals surface area contributed by atoms with Crippen LogP contribution in [-0.4, -0.2) is 69.8 Å². The van der Waals surface area contributed by atoms with Crippen molar-refractivity contribution < 1.29 is 18.7 Å². The summed E-state index contributed by atoms with van der Waals surface area (Å²) in [6, 6.07) is 12.7. The van der Waals surface area contributed by atoms with E-state index in [1.165, 1.54) is 34.1 Å². The van der Waals surface area contributed by atoms with Gasteiger partial charge >= 0.3 is 6.03 Å². The second-order valence-corrected chi connectivity index (χ2v) is 9.71. The first kappa shape index (κ1) is 23.4. The van der Waals surface area contributed by atoms with Gasteiger partial charge in [-0.2, -0.15) is 9.61 Å². The lowest BCUT2D eigenvalue weighted by molar-refractivity contribution is 0.142. The number of urea groups is 1. The zero-order valence-corrected chi connectivity index (χ0v) is 20.5. The number of benzene rings is 2. The largest absolute Gasteiger partial charge is 0.486 e. The third-order valence-electron chi connectivity index (χ3n) is 6.21. The molecule has 0 spiro atoms. The van der Waals surface area contributed by atoms with Crippen LogP contribution in [0.3, 0.4) is 0 Å². The first-order valence-corrected chi connectivity index (χ1v) is 12.7. The average Bonchev–Trinajstić information content (AvgIpc) is 3.34. The molecular formula is C25H23FN6O4S. The van der Waals surface area contributed by atoms with Gasteiger partial charge in [0.05, 0.1) is 5.69 Å². The molecule has 1 N–H and O–H groups in total. The standard InChI is InChI=1S/C25H23FN6O4S/c26-17-3-1-2-16(12-17)23-29-32-22(33)14-19(28-25(32)37-23)15-30-6-8-31(9-7-30)24(34)27-18-4-5-20-21(13-18)36-11-10-35-20/h1-5,12-14H,6-11,15H2,(H,27,34). The monoisotopic (exact) mass is 522 g/mol. The van der Waals surface area contributed by atoms with Crippen molar-refractivity contribution in [1.82, 2.24) is 24.4 Å². The Morgan fingerprint density at radius 2 is 1.84 bits per heavy atom. The maximum absolute atomic E-state index is 13.6. The smallest absolute Gasteiger partial charge is 0.321 e. The summed E-state index contributed by atoms with van der Waals surface area (Å²) < 4.78 is 26.0. The van der Waals surface area contributed by atoms with Crippen LogP contribution in [0.5, 0.6) is 11.5 Å². The minimum absolute atomic E-state index is 0.177. The number of nitrogens with zero attached hydrogens (tertiary/aromatic N) is 5. The number of fused-ring (bicyclic) bond motifs is 2. The van der Waals surface area contributed by atoms with Crippen LogP contribution < -0.4 is 20.3 Å². The van der Waals surface area contributed by atoms with Crippen LogP contribution in [0.15, 0.2) is 53.3 Å². The van der Waals surface area contributed by atoms with Crippen LogP contribution in [0.2, 0.25) is 0 Å². The first-order valence-electron chi connectivity index (χ1n) is 11.9. The molecule has 4 heterocycles. The molecule has 2 aliphatic heterocycles. The highest BCUT2D eigenvalue weighted by Gasteiger charge is 2.23. The lowest BCUT2D eigenvalue weighted by atomic mass is 10.2. The molecule has 0 atom stereocenters. The summed E-state index contributed by atoms with van der Waals surface area (Å²) >= 11 is 1.24. The number of carbonyl (C=O) groups is 1. The fraction of sp³-hybridized carbons (Fsp3) is 0.280. The van der Waals surface area contributed by atoms with Crippen molar-refractivity contribution in [2.75, 3.05) is 44.7 Å². The number of carbonyl (C=O) groups excluding carboxylic acids is 1. The molecule has 4 aromatic rings. The van der Waals surface area contributed by atoms with Crippen molar-refractivity contribution in [2.45, 2.75) is 6.54 Å². The van der Waals surface area contributed by atoms with Gasteiger partial charge in [-0.15, -0.1) is 0 Å². The highest BCUT2D eigenvalue weighted by Crippen LogP contribution is 2.32. The van der Waals surface area contributed by atoms with Gasteiger partial charge in [-0.25, -0.2) is 14.2 Å². The summed E-state index contributed by atoms with van der Waals surface area (Å²) in [7, 11) is 0. The number of nitrogens with one attached hydrogen (secondary N) is 1. The maximum atomic E-state index is 13.6. The fourth-order valence-corrected chi connectivity index (χ4v) is 5.26. The molecule has 37 heavy (non-hydrogen) atoms. The van der Waals surface area contributed by atoms with Crippen LogP contribution in [0.25, 0.3) is 15.5 Å². The van der Waals surface area contributed by atoms with Crippen LogP contribution in [0.1, 0.15) is 5.69 Å². The molecule has 12 heteroatoms. The van der Waals surface area contributed by atoms with Crippen molar-refractivity contribution in [2.24, 2.45) is 0 Å². The second-order valence-electron chi connectivity index (χ2n) is 8.75. The molecule has 10 nitrogen and oxygen atoms in total. The molecule has 6 rings (SSSR count). The van der Waals surface area contributed by atoms with Gasteiger partial charge in [0.1, 0.15) is 24.0 Å². The van der Waals surface area contributed by atoms with Crippen LogP contribution >= 0.6 is 11.3 Å². The molecule has 2 aliphatic rings. The topological polar surface area (TPSA) is 101 Å². The van der Waals surface area contributed by atoms with Gasteiger partial charge in [-0.3, -0.25) is 9.69 Å². The average molecular weight is 523 g/mol. The molecule has 2 aromatic heterocycles. The zero-order chi connectivity index (χ0) is 25.4. The summed E-state index contributed by atoms with van der Waals surface area (Å²) in [5.74, 6) is 0.933. The van der Waals surface area contributed by atoms with Crippen LogP contribution in [0, 0.1) is 5.82 Å². The number of halogens is 1. The van der Waals surface area contributed by atoms with Crippen LogP contribution in [0.4, 0.5) is 14.9 Å². The van der Waals surface area contributed by atoms with Crippen molar-refractivity contribution in [3.63, 3.8) is 0 Å². The summed E-state index contributed by atoms with van der Waals surface area (Å²) in [4.78, 5) is 34.4. The number of amides is 2. The molecule has 0 radical (unpaired) electrons. The Kier molecular flexibility index (Phi) is 6.18.